The Morgan fingerprint density at radius 2 is 1.88 bits per heavy atom. The number of ether oxygens (including phenoxy) is 1. The van der Waals surface area contributed by atoms with Gasteiger partial charge in [-0.3, -0.25) is 9.36 Å². The number of rotatable bonds is 5. The second kappa shape index (κ2) is 9.14. The third-order valence-corrected chi connectivity index (χ3v) is 4.91. The summed E-state index contributed by atoms with van der Waals surface area (Å²) in [6.07, 6.45) is 3.70. The molecule has 0 aliphatic rings. The molecule has 2 aromatic heterocycles. The van der Waals surface area contributed by atoms with Crippen molar-refractivity contribution in [3.8, 4) is 17.7 Å². The first-order chi connectivity index (χ1) is 15.5. The van der Waals surface area contributed by atoms with Crippen molar-refractivity contribution in [1.82, 2.24) is 14.5 Å². The average Bonchev–Trinajstić information content (AvgIpc) is 2.81. The number of aromatic nitrogens is 3. The van der Waals surface area contributed by atoms with Crippen LogP contribution in [0.4, 0.5) is 0 Å². The molecule has 0 unspecified atom stereocenters. The molecule has 2 heterocycles. The summed E-state index contributed by atoms with van der Waals surface area (Å²) in [6, 6.07) is 15.5. The number of hydrogen-bond donors (Lipinski definition) is 1. The summed E-state index contributed by atoms with van der Waals surface area (Å²) in [5, 5.41) is 9.50. The summed E-state index contributed by atoms with van der Waals surface area (Å²) >= 11 is 0. The second-order valence-electron chi connectivity index (χ2n) is 7.10. The predicted octanol–water partition coefficient (Wildman–Crippen LogP) is 3.14. The van der Waals surface area contributed by atoms with E-state index in [1.54, 1.807) is 37.6 Å². The summed E-state index contributed by atoms with van der Waals surface area (Å²) in [5.41, 5.74) is 3.13. The number of aromatic carboxylic acids is 1. The van der Waals surface area contributed by atoms with Gasteiger partial charge in [0.1, 0.15) is 0 Å². The zero-order valence-corrected chi connectivity index (χ0v) is 17.3. The molecule has 158 valence electrons. The van der Waals surface area contributed by atoms with E-state index in [2.05, 4.69) is 21.8 Å². The lowest BCUT2D eigenvalue weighted by molar-refractivity contribution is 0.0697. The van der Waals surface area contributed by atoms with Crippen LogP contribution in [0.3, 0.4) is 0 Å². The minimum absolute atomic E-state index is 0.181. The third-order valence-electron chi connectivity index (χ3n) is 4.91. The quantitative estimate of drug-likeness (QED) is 0.494. The van der Waals surface area contributed by atoms with Crippen LogP contribution in [0.2, 0.25) is 0 Å². The number of fused-ring (bicyclic) bond motifs is 1. The van der Waals surface area contributed by atoms with Gasteiger partial charge < -0.3 is 9.84 Å². The maximum atomic E-state index is 13.0. The van der Waals surface area contributed by atoms with Crippen LogP contribution in [-0.2, 0) is 13.0 Å². The highest BCUT2D eigenvalue weighted by Gasteiger charge is 2.07. The van der Waals surface area contributed by atoms with E-state index < -0.39 is 5.97 Å². The predicted molar refractivity (Wildman–Crippen MR) is 120 cm³/mol. The van der Waals surface area contributed by atoms with Crippen LogP contribution in [0.25, 0.3) is 10.9 Å². The SMILES string of the molecule is COc1cc(CC#Cc2ccc3ncn(Cc4ccc(C(=O)O)cc4)c(=O)c3c2)ccn1. The van der Waals surface area contributed by atoms with Crippen molar-refractivity contribution in [2.24, 2.45) is 0 Å². The van der Waals surface area contributed by atoms with Crippen LogP contribution in [0.15, 0.2) is 71.9 Å². The number of benzene rings is 2. The van der Waals surface area contributed by atoms with E-state index in [4.69, 9.17) is 9.84 Å². The molecular formula is C25H19N3O4. The molecule has 0 aliphatic heterocycles. The number of methoxy groups -OCH3 is 1. The van der Waals surface area contributed by atoms with Gasteiger partial charge in [-0.2, -0.15) is 0 Å². The van der Waals surface area contributed by atoms with E-state index in [9.17, 15) is 9.59 Å². The number of nitrogens with zero attached hydrogens (tertiary/aromatic N) is 3. The summed E-state index contributed by atoms with van der Waals surface area (Å²) < 4.78 is 6.62. The molecule has 2 aromatic carbocycles. The lowest BCUT2D eigenvalue weighted by Gasteiger charge is -2.07. The lowest BCUT2D eigenvalue weighted by atomic mass is 10.1. The fraction of sp³-hybridized carbons (Fsp3) is 0.120. The highest BCUT2D eigenvalue weighted by atomic mass is 16.5. The molecule has 4 aromatic rings. The van der Waals surface area contributed by atoms with Crippen molar-refractivity contribution in [3.63, 3.8) is 0 Å². The van der Waals surface area contributed by atoms with Crippen LogP contribution in [0.1, 0.15) is 27.0 Å². The molecule has 7 heteroatoms. The smallest absolute Gasteiger partial charge is 0.335 e. The highest BCUT2D eigenvalue weighted by molar-refractivity contribution is 5.87. The van der Waals surface area contributed by atoms with E-state index in [1.165, 1.54) is 23.0 Å². The first-order valence-corrected chi connectivity index (χ1v) is 9.83. The molecule has 0 radical (unpaired) electrons. The van der Waals surface area contributed by atoms with Crippen molar-refractivity contribution in [1.29, 1.82) is 0 Å². The van der Waals surface area contributed by atoms with Gasteiger partial charge in [0, 0.05) is 24.2 Å². The van der Waals surface area contributed by atoms with E-state index in [1.807, 2.05) is 18.2 Å². The van der Waals surface area contributed by atoms with Crippen LogP contribution < -0.4 is 10.3 Å². The van der Waals surface area contributed by atoms with Gasteiger partial charge in [-0.25, -0.2) is 14.8 Å². The maximum absolute atomic E-state index is 13.0. The van der Waals surface area contributed by atoms with Crippen LogP contribution >= 0.6 is 0 Å². The zero-order valence-electron chi connectivity index (χ0n) is 17.3. The summed E-state index contributed by atoms with van der Waals surface area (Å²) in [4.78, 5) is 32.4. The number of carbonyl (C=O) groups is 1. The summed E-state index contributed by atoms with van der Waals surface area (Å²) in [5.74, 6) is 5.76. The number of pyridine rings is 1. The summed E-state index contributed by atoms with van der Waals surface area (Å²) in [7, 11) is 1.57. The maximum Gasteiger partial charge on any atom is 0.335 e. The topological polar surface area (TPSA) is 94.3 Å². The van der Waals surface area contributed by atoms with Crippen molar-refractivity contribution >= 4 is 16.9 Å². The second-order valence-corrected chi connectivity index (χ2v) is 7.10. The van der Waals surface area contributed by atoms with Crippen LogP contribution in [0.5, 0.6) is 5.88 Å². The molecular weight excluding hydrogens is 406 g/mol. The highest BCUT2D eigenvalue weighted by Crippen LogP contribution is 2.12. The van der Waals surface area contributed by atoms with Crippen molar-refractivity contribution < 1.29 is 14.6 Å². The van der Waals surface area contributed by atoms with E-state index in [0.29, 0.717) is 29.7 Å². The normalized spacial score (nSPS) is 10.4. The van der Waals surface area contributed by atoms with Gasteiger partial charge in [0.25, 0.3) is 5.56 Å². The minimum atomic E-state index is -0.988. The van der Waals surface area contributed by atoms with Gasteiger partial charge in [0.05, 0.1) is 36.4 Å². The number of hydrogen-bond acceptors (Lipinski definition) is 5. The first-order valence-electron chi connectivity index (χ1n) is 9.83. The van der Waals surface area contributed by atoms with Crippen molar-refractivity contribution in [2.45, 2.75) is 13.0 Å². The number of carboxylic acids is 1. The lowest BCUT2D eigenvalue weighted by Crippen LogP contribution is -2.21. The van der Waals surface area contributed by atoms with Crippen LogP contribution in [-0.4, -0.2) is 32.7 Å². The Kier molecular flexibility index (Phi) is 5.95. The first kappa shape index (κ1) is 20.8. The van der Waals surface area contributed by atoms with Crippen molar-refractivity contribution in [2.75, 3.05) is 7.11 Å². The Morgan fingerprint density at radius 3 is 2.62 bits per heavy atom. The summed E-state index contributed by atoms with van der Waals surface area (Å²) in [6.45, 7) is 0.293. The van der Waals surface area contributed by atoms with Gasteiger partial charge in [0.2, 0.25) is 5.88 Å². The molecule has 0 bridgehead atoms. The Bertz CT molecular complexity index is 1410. The molecule has 0 atom stereocenters. The van der Waals surface area contributed by atoms with Gasteiger partial charge in [-0.1, -0.05) is 24.0 Å². The molecule has 0 saturated carbocycles. The molecule has 32 heavy (non-hydrogen) atoms. The molecule has 1 N–H and O–H groups in total. The van der Waals surface area contributed by atoms with Gasteiger partial charge in [-0.15, -0.1) is 0 Å². The van der Waals surface area contributed by atoms with Crippen LogP contribution in [0, 0.1) is 11.8 Å². The van der Waals surface area contributed by atoms with E-state index >= 15 is 0 Å². The van der Waals surface area contributed by atoms with Crippen molar-refractivity contribution in [3.05, 3.63) is 99.7 Å². The standard InChI is InChI=1S/C25H19N3O4/c1-32-23-14-18(11-12-26-23)4-2-3-17-7-10-22-21(13-17)24(29)28(16-27-22)15-19-5-8-20(9-6-19)25(30)31/h5-14,16H,4,15H2,1H3,(H,30,31). The fourth-order valence-corrected chi connectivity index (χ4v) is 3.22. The molecule has 0 aliphatic carbocycles. The van der Waals surface area contributed by atoms with E-state index in [0.717, 1.165) is 16.7 Å². The molecule has 0 amide bonds. The third kappa shape index (κ3) is 4.65. The minimum Gasteiger partial charge on any atom is -0.481 e. The monoisotopic (exact) mass is 425 g/mol. The Hall–Kier alpha value is -4.44. The molecule has 4 rings (SSSR count). The Labute approximate surface area is 184 Å². The number of carboxylic acid groups (broad SMARTS) is 1. The molecule has 7 nitrogen and oxygen atoms in total. The van der Waals surface area contributed by atoms with Gasteiger partial charge >= 0.3 is 5.97 Å². The Balaban J connectivity index is 1.57. The van der Waals surface area contributed by atoms with E-state index in [-0.39, 0.29) is 11.1 Å². The molecule has 0 spiro atoms. The van der Waals surface area contributed by atoms with Gasteiger partial charge in [0.15, 0.2) is 0 Å². The molecule has 0 fully saturated rings. The average molecular weight is 425 g/mol. The largest absolute Gasteiger partial charge is 0.481 e. The van der Waals surface area contributed by atoms with Gasteiger partial charge in [-0.05, 0) is 47.5 Å². The molecule has 0 saturated heterocycles. The fourth-order valence-electron chi connectivity index (χ4n) is 3.22. The zero-order chi connectivity index (χ0) is 22.5. The Morgan fingerprint density at radius 1 is 1.06 bits per heavy atom.